The Bertz CT molecular complexity index is 1570. The van der Waals surface area contributed by atoms with Crippen molar-refractivity contribution in [3.05, 3.63) is 81.3 Å². The number of H-pyrrole nitrogens is 1. The molecule has 5 rings (SSSR count). The lowest BCUT2D eigenvalue weighted by molar-refractivity contribution is 1.36. The molecular formula is C24H17NOS. The molecule has 0 spiro atoms. The summed E-state index contributed by atoms with van der Waals surface area (Å²) in [5.41, 5.74) is 0.873. The number of aromatic amines is 1. The van der Waals surface area contributed by atoms with E-state index >= 15 is 0 Å². The molecule has 0 unspecified atom stereocenters. The van der Waals surface area contributed by atoms with Gasteiger partial charge >= 0.3 is 0 Å². The van der Waals surface area contributed by atoms with Crippen LogP contribution < -0.4 is 15.3 Å². The topological polar surface area (TPSA) is 32.9 Å². The Balaban J connectivity index is 2.29. The molecule has 0 saturated heterocycles. The third kappa shape index (κ3) is 2.15. The van der Waals surface area contributed by atoms with E-state index in [-0.39, 0.29) is 5.56 Å². The van der Waals surface area contributed by atoms with Gasteiger partial charge in [0, 0.05) is 30.8 Å². The third-order valence-electron chi connectivity index (χ3n) is 5.15. The Morgan fingerprint density at radius 3 is 2.22 bits per heavy atom. The number of fused-ring (bicyclic) bond motifs is 8. The molecule has 0 bridgehead atoms. The van der Waals surface area contributed by atoms with Crippen molar-refractivity contribution in [1.82, 2.24) is 4.98 Å². The molecule has 2 heterocycles. The maximum Gasteiger partial charge on any atom is 0.256 e. The van der Waals surface area contributed by atoms with E-state index in [9.17, 15) is 4.79 Å². The van der Waals surface area contributed by atoms with Crippen LogP contribution in [0.1, 0.15) is 6.92 Å². The Kier molecular flexibility index (Phi) is 3.52. The van der Waals surface area contributed by atoms with E-state index in [1.54, 1.807) is 11.3 Å². The Hall–Kier alpha value is -3.17. The molecule has 0 aliphatic heterocycles. The van der Waals surface area contributed by atoms with Crippen LogP contribution in [0.3, 0.4) is 0 Å². The quantitative estimate of drug-likeness (QED) is 0.424. The summed E-state index contributed by atoms with van der Waals surface area (Å²) in [7, 11) is 0. The first-order valence-electron chi connectivity index (χ1n) is 8.91. The first-order valence-corrected chi connectivity index (χ1v) is 9.73. The monoisotopic (exact) mass is 367 g/mol. The van der Waals surface area contributed by atoms with Gasteiger partial charge in [0.2, 0.25) is 0 Å². The average molecular weight is 367 g/mol. The second-order valence-electron chi connectivity index (χ2n) is 6.57. The molecule has 0 aliphatic rings. The molecule has 0 aliphatic carbocycles. The first-order chi connectivity index (χ1) is 13.2. The molecule has 2 aromatic heterocycles. The molecule has 0 atom stereocenters. The fourth-order valence-electron chi connectivity index (χ4n) is 4.06. The molecule has 27 heavy (non-hydrogen) atoms. The molecular weight excluding hydrogens is 350 g/mol. The highest BCUT2D eigenvalue weighted by molar-refractivity contribution is 7.18. The van der Waals surface area contributed by atoms with Crippen molar-refractivity contribution in [2.75, 3.05) is 0 Å². The van der Waals surface area contributed by atoms with Crippen LogP contribution in [0.4, 0.5) is 0 Å². The SMILES string of the molecule is C=C/C=c1/sc2c3ccccc3c3c4ccccc4c(=O)[nH]c3c2/c1=C/C. The Morgan fingerprint density at radius 1 is 0.926 bits per heavy atom. The minimum Gasteiger partial charge on any atom is -0.321 e. The number of benzene rings is 3. The van der Waals surface area contributed by atoms with E-state index in [0.717, 1.165) is 36.8 Å². The van der Waals surface area contributed by atoms with Crippen LogP contribution in [-0.2, 0) is 0 Å². The predicted octanol–water partition coefficient (Wildman–Crippen LogP) is 4.82. The fourth-order valence-corrected chi connectivity index (χ4v) is 5.38. The van der Waals surface area contributed by atoms with Crippen molar-refractivity contribution in [2.24, 2.45) is 0 Å². The number of allylic oxidation sites excluding steroid dienone is 1. The lowest BCUT2D eigenvalue weighted by Gasteiger charge is -2.10. The van der Waals surface area contributed by atoms with Gasteiger partial charge in [-0.15, -0.1) is 11.3 Å². The van der Waals surface area contributed by atoms with Crippen LogP contribution in [0.2, 0.25) is 0 Å². The number of pyridine rings is 1. The van der Waals surface area contributed by atoms with E-state index in [2.05, 4.69) is 41.9 Å². The zero-order valence-electron chi connectivity index (χ0n) is 14.9. The van der Waals surface area contributed by atoms with Gasteiger partial charge < -0.3 is 4.98 Å². The van der Waals surface area contributed by atoms with Gasteiger partial charge in [-0.25, -0.2) is 0 Å². The summed E-state index contributed by atoms with van der Waals surface area (Å²) in [5.74, 6) is 0. The smallest absolute Gasteiger partial charge is 0.256 e. The predicted molar refractivity (Wildman–Crippen MR) is 119 cm³/mol. The Morgan fingerprint density at radius 2 is 1.56 bits per heavy atom. The summed E-state index contributed by atoms with van der Waals surface area (Å²) in [6.45, 7) is 5.90. The molecule has 0 fully saturated rings. The minimum absolute atomic E-state index is 0.0443. The van der Waals surface area contributed by atoms with Crippen LogP contribution in [0.5, 0.6) is 0 Å². The minimum atomic E-state index is -0.0443. The standard InChI is InChI=1S/C24H17NOS/c1-3-9-19-14(4-2)21-22-20(15-10-5-7-12-17(15)23(21)27-19)16-11-6-8-13-18(16)24(26)25-22/h3-13H,1H2,2H3,(H,25,26)/b14-4+,19-9+. The van der Waals surface area contributed by atoms with Gasteiger partial charge in [-0.05, 0) is 35.1 Å². The summed E-state index contributed by atoms with van der Waals surface area (Å²) in [6, 6.07) is 16.3. The van der Waals surface area contributed by atoms with Crippen LogP contribution in [0, 0.1) is 0 Å². The van der Waals surface area contributed by atoms with Crippen LogP contribution in [0.25, 0.3) is 54.7 Å². The number of nitrogens with one attached hydrogen (secondary N) is 1. The maximum atomic E-state index is 12.8. The lowest BCUT2D eigenvalue weighted by atomic mass is 9.97. The highest BCUT2D eigenvalue weighted by atomic mass is 32.1. The van der Waals surface area contributed by atoms with Crippen molar-refractivity contribution < 1.29 is 0 Å². The van der Waals surface area contributed by atoms with Crippen molar-refractivity contribution >= 4 is 66.0 Å². The van der Waals surface area contributed by atoms with Gasteiger partial charge in [0.25, 0.3) is 5.56 Å². The van der Waals surface area contributed by atoms with Gasteiger partial charge in [0.15, 0.2) is 0 Å². The Labute approximate surface area is 159 Å². The molecule has 0 saturated carbocycles. The molecule has 130 valence electrons. The van der Waals surface area contributed by atoms with Crippen LogP contribution in [-0.4, -0.2) is 4.98 Å². The van der Waals surface area contributed by atoms with E-state index in [4.69, 9.17) is 0 Å². The number of thiophene rings is 1. The van der Waals surface area contributed by atoms with E-state index in [1.165, 1.54) is 15.5 Å². The van der Waals surface area contributed by atoms with E-state index in [1.807, 2.05) is 43.3 Å². The zero-order chi connectivity index (χ0) is 18.5. The molecule has 2 nitrogen and oxygen atoms in total. The van der Waals surface area contributed by atoms with Crippen molar-refractivity contribution in [3.8, 4) is 0 Å². The highest BCUT2D eigenvalue weighted by Gasteiger charge is 2.15. The zero-order valence-corrected chi connectivity index (χ0v) is 15.7. The molecule has 5 aromatic rings. The number of hydrogen-bond acceptors (Lipinski definition) is 2. The molecule has 3 aromatic carbocycles. The summed E-state index contributed by atoms with van der Waals surface area (Å²) < 4.78 is 2.36. The van der Waals surface area contributed by atoms with Crippen LogP contribution in [0.15, 0.2) is 66.0 Å². The van der Waals surface area contributed by atoms with Gasteiger partial charge in [0.1, 0.15) is 0 Å². The summed E-state index contributed by atoms with van der Waals surface area (Å²) >= 11 is 1.75. The van der Waals surface area contributed by atoms with Crippen molar-refractivity contribution in [1.29, 1.82) is 0 Å². The fraction of sp³-hybridized carbons (Fsp3) is 0.0417. The van der Waals surface area contributed by atoms with Gasteiger partial charge in [-0.2, -0.15) is 0 Å². The molecule has 0 radical (unpaired) electrons. The second kappa shape index (κ2) is 5.93. The summed E-state index contributed by atoms with van der Waals surface area (Å²) in [4.78, 5) is 16.0. The number of rotatable bonds is 1. The first kappa shape index (κ1) is 16.0. The number of hydrogen-bond donors (Lipinski definition) is 1. The molecule has 3 heteroatoms. The molecule has 0 amide bonds. The highest BCUT2D eigenvalue weighted by Crippen LogP contribution is 2.36. The average Bonchev–Trinajstić information content (AvgIpc) is 3.07. The second-order valence-corrected chi connectivity index (χ2v) is 7.62. The number of aromatic nitrogens is 1. The summed E-state index contributed by atoms with van der Waals surface area (Å²) in [6.07, 6.45) is 5.98. The van der Waals surface area contributed by atoms with E-state index in [0.29, 0.717) is 0 Å². The largest absolute Gasteiger partial charge is 0.321 e. The van der Waals surface area contributed by atoms with Crippen LogP contribution >= 0.6 is 11.3 Å². The normalized spacial score (nSPS) is 13.4. The van der Waals surface area contributed by atoms with Gasteiger partial charge in [-0.3, -0.25) is 4.79 Å². The maximum absolute atomic E-state index is 12.8. The lowest BCUT2D eigenvalue weighted by Crippen LogP contribution is -2.18. The third-order valence-corrected chi connectivity index (χ3v) is 6.36. The van der Waals surface area contributed by atoms with Gasteiger partial charge in [0.05, 0.1) is 5.52 Å². The summed E-state index contributed by atoms with van der Waals surface area (Å²) in [5, 5.41) is 7.49. The van der Waals surface area contributed by atoms with Crippen molar-refractivity contribution in [2.45, 2.75) is 6.92 Å². The van der Waals surface area contributed by atoms with Gasteiger partial charge in [-0.1, -0.05) is 61.2 Å². The van der Waals surface area contributed by atoms with Crippen molar-refractivity contribution in [3.63, 3.8) is 0 Å². The molecule has 1 N–H and O–H groups in total. The van der Waals surface area contributed by atoms with E-state index < -0.39 is 0 Å².